The van der Waals surface area contributed by atoms with Gasteiger partial charge in [-0.2, -0.15) is 0 Å². The first-order valence-electron chi connectivity index (χ1n) is 8.81. The van der Waals surface area contributed by atoms with Crippen LogP contribution >= 0.6 is 0 Å². The van der Waals surface area contributed by atoms with E-state index >= 15 is 0 Å². The van der Waals surface area contributed by atoms with E-state index < -0.39 is 73.8 Å². The Bertz CT molecular complexity index is 508. The minimum Gasteiger partial charge on any atom is -0.388 e. The van der Waals surface area contributed by atoms with E-state index in [1.54, 1.807) is 0 Å². The summed E-state index contributed by atoms with van der Waals surface area (Å²) in [4.78, 5) is 0. The highest BCUT2D eigenvalue weighted by Crippen LogP contribution is 2.28. The van der Waals surface area contributed by atoms with Gasteiger partial charge in [0.2, 0.25) is 0 Å². The summed E-state index contributed by atoms with van der Waals surface area (Å²) in [5, 5.41) is 78.4. The highest BCUT2D eigenvalue weighted by atomic mass is 16.8. The standard InChI is InChI=1S/C15H26O13/c16-4-1-25-14(11(22)7(4)18)28-12-8(19)5(17)2-26-15(12)27-6-3-24-13(23)10(21)9(6)20/h4-23H,1-3H2/t4-,5-,6-,7+,8+,9+,10-,11-,12-,13?,14+,15+/m1/s1. The van der Waals surface area contributed by atoms with Crippen LogP contribution < -0.4 is 0 Å². The second kappa shape index (κ2) is 9.09. The summed E-state index contributed by atoms with van der Waals surface area (Å²) in [5.41, 5.74) is 0. The van der Waals surface area contributed by atoms with Gasteiger partial charge >= 0.3 is 0 Å². The smallest absolute Gasteiger partial charge is 0.187 e. The third-order valence-corrected chi connectivity index (χ3v) is 4.94. The summed E-state index contributed by atoms with van der Waals surface area (Å²) in [6.07, 6.45) is -17.7. The molecule has 0 radical (unpaired) electrons. The van der Waals surface area contributed by atoms with Gasteiger partial charge in [-0.05, 0) is 0 Å². The van der Waals surface area contributed by atoms with E-state index in [1.165, 1.54) is 0 Å². The number of rotatable bonds is 4. The number of aliphatic hydroxyl groups excluding tert-OH is 8. The van der Waals surface area contributed by atoms with E-state index in [4.69, 9.17) is 23.7 Å². The molecule has 0 aliphatic carbocycles. The van der Waals surface area contributed by atoms with E-state index in [-0.39, 0.29) is 19.8 Å². The van der Waals surface area contributed by atoms with E-state index in [2.05, 4.69) is 0 Å². The minimum absolute atomic E-state index is 0.307. The van der Waals surface area contributed by atoms with Crippen LogP contribution in [0.5, 0.6) is 0 Å². The van der Waals surface area contributed by atoms with Crippen LogP contribution in [0.1, 0.15) is 0 Å². The third kappa shape index (κ3) is 4.46. The van der Waals surface area contributed by atoms with Crippen molar-refractivity contribution in [2.45, 2.75) is 73.8 Å². The SMILES string of the molecule is OC1OC[C@@H](O[C@@H]2OC[C@@H](O)[C@H](O)[C@H]2O[C@@H]2OC[C@@H](O)[C@H](O)[C@H]2O)[C@H](O)[C@H]1O. The Kier molecular flexibility index (Phi) is 7.20. The maximum atomic E-state index is 10.3. The first kappa shape index (κ1) is 22.2. The van der Waals surface area contributed by atoms with Gasteiger partial charge in [0.1, 0.15) is 54.9 Å². The van der Waals surface area contributed by atoms with Crippen LogP contribution in [-0.2, 0) is 23.7 Å². The monoisotopic (exact) mass is 414 g/mol. The first-order chi connectivity index (χ1) is 13.2. The van der Waals surface area contributed by atoms with Crippen LogP contribution in [0, 0.1) is 0 Å². The molecule has 3 rings (SSSR count). The van der Waals surface area contributed by atoms with Crippen molar-refractivity contribution in [1.29, 1.82) is 0 Å². The molecule has 3 aliphatic heterocycles. The van der Waals surface area contributed by atoms with Gasteiger partial charge in [-0.1, -0.05) is 0 Å². The molecule has 0 amide bonds. The largest absolute Gasteiger partial charge is 0.388 e. The van der Waals surface area contributed by atoms with Crippen molar-refractivity contribution in [1.82, 2.24) is 0 Å². The van der Waals surface area contributed by atoms with Crippen LogP contribution in [0.15, 0.2) is 0 Å². The number of hydrogen-bond acceptors (Lipinski definition) is 13. The summed E-state index contributed by atoms with van der Waals surface area (Å²) in [7, 11) is 0. The zero-order valence-corrected chi connectivity index (χ0v) is 14.7. The molecule has 164 valence electrons. The van der Waals surface area contributed by atoms with E-state index in [9.17, 15) is 40.9 Å². The predicted molar refractivity (Wildman–Crippen MR) is 83.2 cm³/mol. The van der Waals surface area contributed by atoms with Crippen molar-refractivity contribution in [2.24, 2.45) is 0 Å². The molecule has 3 saturated heterocycles. The zero-order chi connectivity index (χ0) is 20.6. The Morgan fingerprint density at radius 1 is 0.536 bits per heavy atom. The Balaban J connectivity index is 1.69. The Labute approximate surface area is 159 Å². The molecular weight excluding hydrogens is 388 g/mol. The van der Waals surface area contributed by atoms with Crippen molar-refractivity contribution in [2.75, 3.05) is 19.8 Å². The van der Waals surface area contributed by atoms with Gasteiger partial charge in [-0.3, -0.25) is 0 Å². The van der Waals surface area contributed by atoms with E-state index in [0.717, 1.165) is 0 Å². The fourth-order valence-electron chi connectivity index (χ4n) is 3.15. The summed E-state index contributed by atoms with van der Waals surface area (Å²) in [6, 6.07) is 0. The minimum atomic E-state index is -1.66. The molecule has 28 heavy (non-hydrogen) atoms. The molecule has 0 aromatic heterocycles. The normalized spacial score (nSPS) is 53.1. The van der Waals surface area contributed by atoms with Gasteiger partial charge in [-0.15, -0.1) is 0 Å². The van der Waals surface area contributed by atoms with Crippen LogP contribution in [0.2, 0.25) is 0 Å². The third-order valence-electron chi connectivity index (χ3n) is 4.94. The van der Waals surface area contributed by atoms with E-state index in [0.29, 0.717) is 0 Å². The maximum Gasteiger partial charge on any atom is 0.187 e. The molecule has 8 N–H and O–H groups in total. The molecule has 0 aromatic carbocycles. The molecule has 1 unspecified atom stereocenters. The zero-order valence-electron chi connectivity index (χ0n) is 14.7. The van der Waals surface area contributed by atoms with Gasteiger partial charge in [0, 0.05) is 0 Å². The lowest BCUT2D eigenvalue weighted by Crippen LogP contribution is -2.62. The lowest BCUT2D eigenvalue weighted by molar-refractivity contribution is -0.361. The maximum absolute atomic E-state index is 10.3. The summed E-state index contributed by atoms with van der Waals surface area (Å²) < 4.78 is 26.2. The first-order valence-corrected chi connectivity index (χ1v) is 8.81. The highest BCUT2D eigenvalue weighted by molar-refractivity contribution is 4.90. The molecule has 3 fully saturated rings. The Hall–Kier alpha value is -0.520. The quantitative estimate of drug-likeness (QED) is 0.216. The molecule has 3 aliphatic rings. The topological polar surface area (TPSA) is 208 Å². The van der Waals surface area contributed by atoms with Crippen LogP contribution in [0.4, 0.5) is 0 Å². The highest BCUT2D eigenvalue weighted by Gasteiger charge is 2.48. The Morgan fingerprint density at radius 2 is 1.14 bits per heavy atom. The summed E-state index contributed by atoms with van der Waals surface area (Å²) >= 11 is 0. The van der Waals surface area contributed by atoms with Crippen molar-refractivity contribution < 1.29 is 64.5 Å². The van der Waals surface area contributed by atoms with E-state index in [1.807, 2.05) is 0 Å². The fourth-order valence-corrected chi connectivity index (χ4v) is 3.15. The van der Waals surface area contributed by atoms with Gasteiger partial charge in [0.15, 0.2) is 18.9 Å². The van der Waals surface area contributed by atoms with Crippen molar-refractivity contribution in [3.63, 3.8) is 0 Å². The van der Waals surface area contributed by atoms with Crippen molar-refractivity contribution >= 4 is 0 Å². The predicted octanol–water partition coefficient (Wildman–Crippen LogP) is -5.66. The molecule has 0 bridgehead atoms. The van der Waals surface area contributed by atoms with Crippen molar-refractivity contribution in [3.8, 4) is 0 Å². The second-order valence-corrected chi connectivity index (χ2v) is 6.99. The van der Waals surface area contributed by atoms with Crippen LogP contribution in [0.25, 0.3) is 0 Å². The molecule has 12 atom stereocenters. The van der Waals surface area contributed by atoms with Crippen LogP contribution in [-0.4, -0.2) is 134 Å². The molecular formula is C15H26O13. The molecule has 3 heterocycles. The van der Waals surface area contributed by atoms with Gasteiger partial charge in [-0.25, -0.2) is 0 Å². The number of aliphatic hydroxyl groups is 8. The van der Waals surface area contributed by atoms with Crippen LogP contribution in [0.3, 0.4) is 0 Å². The fraction of sp³-hybridized carbons (Fsp3) is 1.00. The summed E-state index contributed by atoms with van der Waals surface area (Å²) in [5.74, 6) is 0. The molecule has 13 nitrogen and oxygen atoms in total. The molecule has 13 heteroatoms. The average Bonchev–Trinajstić information content (AvgIpc) is 2.67. The molecule has 0 saturated carbocycles. The number of ether oxygens (including phenoxy) is 5. The van der Waals surface area contributed by atoms with Crippen molar-refractivity contribution in [3.05, 3.63) is 0 Å². The lowest BCUT2D eigenvalue weighted by atomic mass is 10.0. The summed E-state index contributed by atoms with van der Waals surface area (Å²) in [6.45, 7) is -0.992. The van der Waals surface area contributed by atoms with Gasteiger partial charge in [0.05, 0.1) is 19.8 Å². The second-order valence-electron chi connectivity index (χ2n) is 6.99. The average molecular weight is 414 g/mol. The van der Waals surface area contributed by atoms with Gasteiger partial charge < -0.3 is 64.5 Å². The van der Waals surface area contributed by atoms with Gasteiger partial charge in [0.25, 0.3) is 0 Å². The Morgan fingerprint density at radius 3 is 1.82 bits per heavy atom. The number of hydrogen-bond donors (Lipinski definition) is 8. The molecule has 0 aromatic rings. The lowest BCUT2D eigenvalue weighted by Gasteiger charge is -2.44. The molecule has 0 spiro atoms.